The SMILES string of the molecule is Cc1ccc(CNC(=O)[C@@H](C)OC(=O)c2nc(-c3ccccc3)oc2C)cc1. The van der Waals surface area contributed by atoms with Crippen molar-refractivity contribution in [3.8, 4) is 11.5 Å². The Morgan fingerprint density at radius 2 is 1.75 bits per heavy atom. The van der Waals surface area contributed by atoms with Crippen LogP contribution in [0.1, 0.15) is 34.3 Å². The maximum absolute atomic E-state index is 12.4. The maximum atomic E-state index is 12.4. The molecule has 0 aliphatic rings. The van der Waals surface area contributed by atoms with Crippen molar-refractivity contribution in [1.82, 2.24) is 10.3 Å². The highest BCUT2D eigenvalue weighted by Crippen LogP contribution is 2.22. The summed E-state index contributed by atoms with van der Waals surface area (Å²) >= 11 is 0. The van der Waals surface area contributed by atoms with Crippen molar-refractivity contribution in [2.75, 3.05) is 0 Å². The predicted molar refractivity (Wildman–Crippen MR) is 105 cm³/mol. The summed E-state index contributed by atoms with van der Waals surface area (Å²) in [6, 6.07) is 17.1. The number of carbonyl (C=O) groups excluding carboxylic acids is 2. The van der Waals surface area contributed by atoms with Gasteiger partial charge in [0.15, 0.2) is 11.8 Å². The normalized spacial score (nSPS) is 11.7. The Kier molecular flexibility index (Phi) is 5.89. The Labute approximate surface area is 163 Å². The van der Waals surface area contributed by atoms with E-state index < -0.39 is 12.1 Å². The molecule has 0 radical (unpaired) electrons. The van der Waals surface area contributed by atoms with Crippen LogP contribution in [0.2, 0.25) is 0 Å². The fourth-order valence-electron chi connectivity index (χ4n) is 2.60. The Morgan fingerprint density at radius 3 is 2.43 bits per heavy atom. The largest absolute Gasteiger partial charge is 0.448 e. The summed E-state index contributed by atoms with van der Waals surface area (Å²) in [7, 11) is 0. The van der Waals surface area contributed by atoms with Crippen molar-refractivity contribution in [3.05, 3.63) is 77.2 Å². The Morgan fingerprint density at radius 1 is 1.07 bits per heavy atom. The Balaban J connectivity index is 1.60. The van der Waals surface area contributed by atoms with E-state index in [1.165, 1.54) is 6.92 Å². The lowest BCUT2D eigenvalue weighted by atomic mass is 10.1. The summed E-state index contributed by atoms with van der Waals surface area (Å²) in [5.74, 6) is -0.391. The third-order valence-corrected chi connectivity index (χ3v) is 4.25. The van der Waals surface area contributed by atoms with Crippen LogP contribution in [0.4, 0.5) is 0 Å². The van der Waals surface area contributed by atoms with Crippen LogP contribution in [0, 0.1) is 13.8 Å². The van der Waals surface area contributed by atoms with Gasteiger partial charge in [0, 0.05) is 12.1 Å². The second-order valence-electron chi connectivity index (χ2n) is 6.54. The number of esters is 1. The van der Waals surface area contributed by atoms with Crippen LogP contribution in [0.25, 0.3) is 11.5 Å². The number of amides is 1. The summed E-state index contributed by atoms with van der Waals surface area (Å²) in [6.45, 7) is 5.52. The van der Waals surface area contributed by atoms with E-state index in [2.05, 4.69) is 10.3 Å². The summed E-state index contributed by atoms with van der Waals surface area (Å²) < 4.78 is 10.8. The number of hydrogen-bond acceptors (Lipinski definition) is 5. The van der Waals surface area contributed by atoms with Gasteiger partial charge in [-0.1, -0.05) is 48.0 Å². The van der Waals surface area contributed by atoms with E-state index >= 15 is 0 Å². The highest BCUT2D eigenvalue weighted by Gasteiger charge is 2.24. The van der Waals surface area contributed by atoms with Crippen LogP contribution in [-0.4, -0.2) is 23.0 Å². The minimum Gasteiger partial charge on any atom is -0.448 e. The Hall–Kier alpha value is -3.41. The fraction of sp³-hybridized carbons (Fsp3) is 0.227. The third-order valence-electron chi connectivity index (χ3n) is 4.25. The molecular weight excluding hydrogens is 356 g/mol. The molecule has 6 heteroatoms. The van der Waals surface area contributed by atoms with Crippen molar-refractivity contribution < 1.29 is 18.7 Å². The lowest BCUT2D eigenvalue weighted by Crippen LogP contribution is -2.35. The first-order chi connectivity index (χ1) is 13.4. The summed E-state index contributed by atoms with van der Waals surface area (Å²) in [5.41, 5.74) is 2.94. The zero-order chi connectivity index (χ0) is 20.1. The van der Waals surface area contributed by atoms with Crippen molar-refractivity contribution in [2.24, 2.45) is 0 Å². The molecule has 0 aliphatic carbocycles. The molecule has 1 amide bonds. The van der Waals surface area contributed by atoms with E-state index in [1.54, 1.807) is 6.92 Å². The van der Waals surface area contributed by atoms with Gasteiger partial charge in [0.25, 0.3) is 5.91 Å². The zero-order valence-electron chi connectivity index (χ0n) is 16.1. The van der Waals surface area contributed by atoms with E-state index in [0.717, 1.165) is 16.7 Å². The van der Waals surface area contributed by atoms with Crippen molar-refractivity contribution in [1.29, 1.82) is 0 Å². The lowest BCUT2D eigenvalue weighted by molar-refractivity contribution is -0.129. The minimum atomic E-state index is -0.950. The fourth-order valence-corrected chi connectivity index (χ4v) is 2.60. The van der Waals surface area contributed by atoms with Gasteiger partial charge in [-0.2, -0.15) is 0 Å². The smallest absolute Gasteiger partial charge is 0.361 e. The maximum Gasteiger partial charge on any atom is 0.361 e. The molecular formula is C22H22N2O4. The second-order valence-corrected chi connectivity index (χ2v) is 6.54. The van der Waals surface area contributed by atoms with Crippen molar-refractivity contribution in [3.63, 3.8) is 0 Å². The first-order valence-electron chi connectivity index (χ1n) is 9.01. The molecule has 6 nitrogen and oxygen atoms in total. The molecule has 0 saturated heterocycles. The van der Waals surface area contributed by atoms with Crippen LogP contribution in [0.3, 0.4) is 0 Å². The average Bonchev–Trinajstić information content (AvgIpc) is 3.09. The number of nitrogens with zero attached hydrogens (tertiary/aromatic N) is 1. The standard InChI is InChI=1S/C22H22N2O4/c1-14-9-11-17(12-10-14)13-23-20(25)16(3)28-22(26)19-15(2)27-21(24-19)18-7-5-4-6-8-18/h4-12,16H,13H2,1-3H3,(H,23,25)/t16-/m1/s1. The van der Waals surface area contributed by atoms with Gasteiger partial charge in [0.05, 0.1) is 0 Å². The number of aryl methyl sites for hydroxylation is 2. The highest BCUT2D eigenvalue weighted by atomic mass is 16.5. The number of aromatic nitrogens is 1. The van der Waals surface area contributed by atoms with Gasteiger partial charge in [-0.05, 0) is 38.5 Å². The highest BCUT2D eigenvalue weighted by molar-refractivity contribution is 5.91. The molecule has 0 bridgehead atoms. The number of oxazole rings is 1. The van der Waals surface area contributed by atoms with E-state index in [-0.39, 0.29) is 11.6 Å². The number of nitrogens with one attached hydrogen (secondary N) is 1. The van der Waals surface area contributed by atoms with Crippen LogP contribution >= 0.6 is 0 Å². The van der Waals surface area contributed by atoms with Gasteiger partial charge < -0.3 is 14.5 Å². The van der Waals surface area contributed by atoms with Gasteiger partial charge in [-0.25, -0.2) is 9.78 Å². The van der Waals surface area contributed by atoms with Gasteiger partial charge in [-0.15, -0.1) is 0 Å². The number of rotatable bonds is 6. The van der Waals surface area contributed by atoms with Crippen molar-refractivity contribution >= 4 is 11.9 Å². The molecule has 1 aromatic heterocycles. The number of hydrogen-bond donors (Lipinski definition) is 1. The van der Waals surface area contributed by atoms with Crippen LogP contribution < -0.4 is 5.32 Å². The summed E-state index contributed by atoms with van der Waals surface area (Å²) in [6.07, 6.45) is -0.950. The van der Waals surface area contributed by atoms with Crippen LogP contribution in [0.15, 0.2) is 59.0 Å². The molecule has 144 valence electrons. The summed E-state index contributed by atoms with van der Waals surface area (Å²) in [5, 5.41) is 2.76. The van der Waals surface area contributed by atoms with E-state index in [4.69, 9.17) is 9.15 Å². The quantitative estimate of drug-likeness (QED) is 0.660. The van der Waals surface area contributed by atoms with E-state index in [9.17, 15) is 9.59 Å². The van der Waals surface area contributed by atoms with E-state index in [0.29, 0.717) is 18.2 Å². The molecule has 1 N–H and O–H groups in total. The lowest BCUT2D eigenvalue weighted by Gasteiger charge is -2.13. The van der Waals surface area contributed by atoms with E-state index in [1.807, 2.05) is 61.5 Å². The van der Waals surface area contributed by atoms with Gasteiger partial charge in [-0.3, -0.25) is 4.79 Å². The van der Waals surface area contributed by atoms with Crippen LogP contribution in [-0.2, 0) is 16.1 Å². The third kappa shape index (κ3) is 4.65. The van der Waals surface area contributed by atoms with Gasteiger partial charge >= 0.3 is 5.97 Å². The van der Waals surface area contributed by atoms with Crippen LogP contribution in [0.5, 0.6) is 0 Å². The molecule has 0 spiro atoms. The second kappa shape index (κ2) is 8.52. The first-order valence-corrected chi connectivity index (χ1v) is 9.01. The topological polar surface area (TPSA) is 81.4 Å². The molecule has 0 aliphatic heterocycles. The molecule has 3 aromatic rings. The number of carbonyl (C=O) groups is 2. The molecule has 1 heterocycles. The monoisotopic (exact) mass is 378 g/mol. The van der Waals surface area contributed by atoms with Gasteiger partial charge in [0.2, 0.25) is 5.89 Å². The zero-order valence-corrected chi connectivity index (χ0v) is 16.1. The molecule has 0 saturated carbocycles. The molecule has 3 rings (SSSR count). The molecule has 1 atom stereocenters. The predicted octanol–water partition coefficient (Wildman–Crippen LogP) is 3.82. The minimum absolute atomic E-state index is 0.0667. The number of ether oxygens (including phenoxy) is 1. The first kappa shape index (κ1) is 19.4. The Bertz CT molecular complexity index is 962. The molecule has 0 fully saturated rings. The molecule has 28 heavy (non-hydrogen) atoms. The van der Waals surface area contributed by atoms with Crippen molar-refractivity contribution in [2.45, 2.75) is 33.4 Å². The number of benzene rings is 2. The average molecular weight is 378 g/mol. The van der Waals surface area contributed by atoms with Gasteiger partial charge in [0.1, 0.15) is 5.76 Å². The summed E-state index contributed by atoms with van der Waals surface area (Å²) in [4.78, 5) is 28.9. The molecule has 0 unspecified atom stereocenters. The molecule has 2 aromatic carbocycles.